The Morgan fingerprint density at radius 3 is 2.43 bits per heavy atom. The first kappa shape index (κ1) is 21.2. The normalized spacial score (nSPS) is 11.2. The van der Waals surface area contributed by atoms with Crippen LogP contribution in [0.2, 0.25) is 0 Å². The molecule has 0 aliphatic heterocycles. The summed E-state index contributed by atoms with van der Waals surface area (Å²) in [6, 6.07) is 13.5. The molecule has 3 aromatic rings. The van der Waals surface area contributed by atoms with Crippen LogP contribution in [0.3, 0.4) is 0 Å². The van der Waals surface area contributed by atoms with Crippen molar-refractivity contribution in [3.63, 3.8) is 0 Å². The first-order valence-corrected chi connectivity index (χ1v) is 9.59. The van der Waals surface area contributed by atoms with Crippen LogP contribution in [-0.2, 0) is 6.42 Å². The van der Waals surface area contributed by atoms with Crippen molar-refractivity contribution in [3.05, 3.63) is 66.3 Å². The van der Waals surface area contributed by atoms with Crippen molar-refractivity contribution in [1.29, 1.82) is 0 Å². The molecule has 7 nitrogen and oxygen atoms in total. The number of hydrogen-bond donors (Lipinski definition) is 2. The molecule has 0 fully saturated rings. The summed E-state index contributed by atoms with van der Waals surface area (Å²) in [5.41, 5.74) is 1.55. The number of aromatic nitrogens is 1. The van der Waals surface area contributed by atoms with Crippen LogP contribution >= 0.6 is 0 Å². The molecule has 158 valence electrons. The number of hydrogen-bond acceptors (Lipinski definition) is 5. The highest BCUT2D eigenvalue weighted by atomic mass is 19.1. The topological polar surface area (TPSA) is 80.9 Å². The molecule has 0 atom stereocenters. The summed E-state index contributed by atoms with van der Waals surface area (Å²) in [5, 5.41) is 6.42. The SMILES string of the molecule is CN=C(NCCOc1ccc(OC)cc1)NCCc1coc(-c2ccc(F)cc2)n1. The maximum Gasteiger partial charge on any atom is 0.226 e. The van der Waals surface area contributed by atoms with Gasteiger partial charge >= 0.3 is 0 Å². The molecule has 0 aliphatic carbocycles. The van der Waals surface area contributed by atoms with Gasteiger partial charge < -0.3 is 24.5 Å². The molecule has 0 saturated heterocycles. The molecule has 3 rings (SSSR count). The van der Waals surface area contributed by atoms with E-state index in [1.54, 1.807) is 32.6 Å². The van der Waals surface area contributed by atoms with Crippen molar-refractivity contribution in [3.8, 4) is 23.0 Å². The van der Waals surface area contributed by atoms with E-state index in [0.717, 1.165) is 22.8 Å². The fourth-order valence-electron chi connectivity index (χ4n) is 2.69. The standard InChI is InChI=1S/C22H25FN4O3/c1-24-22(26-13-14-29-20-9-7-19(28-2)8-10-20)25-12-11-18-15-30-21(27-18)16-3-5-17(23)6-4-16/h3-10,15H,11-14H2,1-2H3,(H2,24,25,26). The van der Waals surface area contributed by atoms with Crippen LogP contribution < -0.4 is 20.1 Å². The monoisotopic (exact) mass is 412 g/mol. The Labute approximate surface area is 175 Å². The highest BCUT2D eigenvalue weighted by Crippen LogP contribution is 2.19. The van der Waals surface area contributed by atoms with Gasteiger partial charge in [0.25, 0.3) is 0 Å². The number of methoxy groups -OCH3 is 1. The van der Waals surface area contributed by atoms with Gasteiger partial charge in [0, 0.05) is 25.6 Å². The minimum Gasteiger partial charge on any atom is -0.497 e. The van der Waals surface area contributed by atoms with Gasteiger partial charge in [0.2, 0.25) is 5.89 Å². The maximum atomic E-state index is 13.0. The summed E-state index contributed by atoms with van der Waals surface area (Å²) in [7, 11) is 3.34. The smallest absolute Gasteiger partial charge is 0.226 e. The number of ether oxygens (including phenoxy) is 2. The third-order valence-electron chi connectivity index (χ3n) is 4.26. The van der Waals surface area contributed by atoms with Gasteiger partial charge in [-0.3, -0.25) is 4.99 Å². The minimum atomic E-state index is -0.289. The van der Waals surface area contributed by atoms with E-state index in [0.29, 0.717) is 38.0 Å². The van der Waals surface area contributed by atoms with Gasteiger partial charge in [0.1, 0.15) is 30.2 Å². The van der Waals surface area contributed by atoms with Gasteiger partial charge in [-0.25, -0.2) is 9.37 Å². The summed E-state index contributed by atoms with van der Waals surface area (Å²) in [4.78, 5) is 8.63. The highest BCUT2D eigenvalue weighted by Gasteiger charge is 2.07. The van der Waals surface area contributed by atoms with Crippen LogP contribution in [0.15, 0.2) is 64.2 Å². The lowest BCUT2D eigenvalue weighted by Crippen LogP contribution is -2.40. The van der Waals surface area contributed by atoms with E-state index in [4.69, 9.17) is 13.9 Å². The van der Waals surface area contributed by atoms with E-state index in [-0.39, 0.29) is 5.82 Å². The Kier molecular flexibility index (Phi) is 7.65. The molecule has 0 bridgehead atoms. The zero-order valence-electron chi connectivity index (χ0n) is 17.0. The molecular weight excluding hydrogens is 387 g/mol. The Hall–Kier alpha value is -3.55. The van der Waals surface area contributed by atoms with Crippen molar-refractivity contribution < 1.29 is 18.3 Å². The van der Waals surface area contributed by atoms with E-state index in [1.807, 2.05) is 24.3 Å². The predicted octanol–water partition coefficient (Wildman–Crippen LogP) is 3.28. The second-order valence-electron chi connectivity index (χ2n) is 6.35. The van der Waals surface area contributed by atoms with E-state index in [2.05, 4.69) is 20.6 Å². The van der Waals surface area contributed by atoms with Gasteiger partial charge in [-0.15, -0.1) is 0 Å². The molecular formula is C22H25FN4O3. The molecule has 1 heterocycles. The molecule has 0 aliphatic rings. The number of rotatable bonds is 9. The average Bonchev–Trinajstić information content (AvgIpc) is 3.25. The maximum absolute atomic E-state index is 13.0. The third-order valence-corrected chi connectivity index (χ3v) is 4.26. The third kappa shape index (κ3) is 6.23. The summed E-state index contributed by atoms with van der Waals surface area (Å²) in [6.45, 7) is 1.73. The second-order valence-corrected chi connectivity index (χ2v) is 6.35. The lowest BCUT2D eigenvalue weighted by atomic mass is 10.2. The highest BCUT2D eigenvalue weighted by molar-refractivity contribution is 5.79. The van der Waals surface area contributed by atoms with Gasteiger partial charge in [-0.2, -0.15) is 0 Å². The van der Waals surface area contributed by atoms with Crippen molar-refractivity contribution in [2.24, 2.45) is 4.99 Å². The Morgan fingerprint density at radius 1 is 1.03 bits per heavy atom. The number of aliphatic imine (C=N–C) groups is 1. The second kappa shape index (κ2) is 10.8. The van der Waals surface area contributed by atoms with Gasteiger partial charge in [-0.05, 0) is 48.5 Å². The lowest BCUT2D eigenvalue weighted by molar-refractivity contribution is 0.321. The van der Waals surface area contributed by atoms with Crippen LogP contribution in [0.1, 0.15) is 5.69 Å². The number of halogens is 1. The van der Waals surface area contributed by atoms with Crippen molar-refractivity contribution in [2.45, 2.75) is 6.42 Å². The summed E-state index contributed by atoms with van der Waals surface area (Å²) >= 11 is 0. The summed E-state index contributed by atoms with van der Waals surface area (Å²) in [5.74, 6) is 2.44. The van der Waals surface area contributed by atoms with Crippen LogP contribution in [0.25, 0.3) is 11.5 Å². The minimum absolute atomic E-state index is 0.289. The molecule has 0 spiro atoms. The van der Waals surface area contributed by atoms with E-state index in [9.17, 15) is 4.39 Å². The average molecular weight is 412 g/mol. The number of guanidine groups is 1. The van der Waals surface area contributed by atoms with Crippen molar-refractivity contribution in [2.75, 3.05) is 33.9 Å². The quantitative estimate of drug-likeness (QED) is 0.319. The largest absolute Gasteiger partial charge is 0.497 e. The summed E-state index contributed by atoms with van der Waals surface area (Å²) < 4.78 is 29.3. The van der Waals surface area contributed by atoms with Crippen LogP contribution in [0, 0.1) is 5.82 Å². The molecule has 0 unspecified atom stereocenters. The first-order valence-electron chi connectivity index (χ1n) is 9.59. The number of oxazole rings is 1. The van der Waals surface area contributed by atoms with Crippen LogP contribution in [-0.4, -0.2) is 44.8 Å². The van der Waals surface area contributed by atoms with E-state index in [1.165, 1.54) is 12.1 Å². The van der Waals surface area contributed by atoms with E-state index < -0.39 is 0 Å². The number of nitrogens with one attached hydrogen (secondary N) is 2. The Morgan fingerprint density at radius 2 is 1.73 bits per heavy atom. The van der Waals surface area contributed by atoms with Gasteiger partial charge in [0.05, 0.1) is 19.3 Å². The van der Waals surface area contributed by atoms with Crippen molar-refractivity contribution >= 4 is 5.96 Å². The Bertz CT molecular complexity index is 940. The van der Waals surface area contributed by atoms with Crippen LogP contribution in [0.4, 0.5) is 4.39 Å². The van der Waals surface area contributed by atoms with Crippen molar-refractivity contribution in [1.82, 2.24) is 15.6 Å². The molecule has 0 radical (unpaired) electrons. The zero-order valence-corrected chi connectivity index (χ0v) is 17.0. The molecule has 1 aromatic heterocycles. The van der Waals surface area contributed by atoms with Gasteiger partial charge in [0.15, 0.2) is 5.96 Å². The fraction of sp³-hybridized carbons (Fsp3) is 0.273. The molecule has 2 N–H and O–H groups in total. The first-order chi connectivity index (χ1) is 14.7. The number of nitrogens with zero attached hydrogens (tertiary/aromatic N) is 2. The van der Waals surface area contributed by atoms with Crippen LogP contribution in [0.5, 0.6) is 11.5 Å². The summed E-state index contributed by atoms with van der Waals surface area (Å²) in [6.07, 6.45) is 2.27. The van der Waals surface area contributed by atoms with E-state index >= 15 is 0 Å². The molecule has 2 aromatic carbocycles. The predicted molar refractivity (Wildman–Crippen MR) is 113 cm³/mol. The lowest BCUT2D eigenvalue weighted by Gasteiger charge is -2.12. The molecule has 30 heavy (non-hydrogen) atoms. The molecule has 8 heteroatoms. The fourth-order valence-corrected chi connectivity index (χ4v) is 2.69. The molecule has 0 amide bonds. The van der Waals surface area contributed by atoms with Gasteiger partial charge in [-0.1, -0.05) is 0 Å². The zero-order chi connectivity index (χ0) is 21.2. The molecule has 0 saturated carbocycles. The number of benzene rings is 2. The Balaban J connectivity index is 1.36.